The van der Waals surface area contributed by atoms with Crippen molar-refractivity contribution in [3.8, 4) is 33.4 Å². The van der Waals surface area contributed by atoms with E-state index in [2.05, 4.69) is 185 Å². The molecule has 0 spiro atoms. The van der Waals surface area contributed by atoms with Crippen molar-refractivity contribution in [2.24, 2.45) is 4.99 Å². The van der Waals surface area contributed by atoms with E-state index < -0.39 is 0 Å². The van der Waals surface area contributed by atoms with Gasteiger partial charge in [0.2, 0.25) is 0 Å². The predicted molar refractivity (Wildman–Crippen MR) is 219 cm³/mol. The quantitative estimate of drug-likeness (QED) is 0.103. The van der Waals surface area contributed by atoms with E-state index in [-0.39, 0.29) is 5.92 Å². The molecule has 6 aromatic carbocycles. The van der Waals surface area contributed by atoms with Gasteiger partial charge in [0.25, 0.3) is 0 Å². The van der Waals surface area contributed by atoms with Gasteiger partial charge in [-0.15, -0.1) is 0 Å². The number of hydrogen-bond donors (Lipinski definition) is 0. The Morgan fingerprint density at radius 1 is 0.560 bits per heavy atom. The predicted octanol–water partition coefficient (Wildman–Crippen LogP) is 14.0. The standard InChI is InChI=1S/C47H41N.C2H6/c1-4-19-37(5-2)42-31-41(35(3)30-46(39-24-14-8-15-25-39)48-34-36-20-10-6-11-21-36)32-43(33-42)45-29-18-28-44(38-22-12-7-13-23-38)47(45)40-26-16-9-17-27-40;1-2/h4-35H,1-3H3;1-2H3/b19-4-,37-5+,46-30-,48-34?;. The molecule has 0 aliphatic rings. The molecule has 1 nitrogen and oxygen atoms in total. The first-order valence-corrected chi connectivity index (χ1v) is 17.7. The lowest BCUT2D eigenvalue weighted by Crippen LogP contribution is -1.97. The van der Waals surface area contributed by atoms with E-state index in [0.29, 0.717) is 0 Å². The van der Waals surface area contributed by atoms with Crippen molar-refractivity contribution in [1.29, 1.82) is 0 Å². The molecule has 0 aliphatic heterocycles. The maximum absolute atomic E-state index is 5.03. The molecule has 0 aromatic heterocycles. The van der Waals surface area contributed by atoms with E-state index in [0.717, 1.165) is 16.8 Å². The van der Waals surface area contributed by atoms with E-state index in [1.54, 1.807) is 0 Å². The Balaban J connectivity index is 0.00000239. The van der Waals surface area contributed by atoms with Crippen molar-refractivity contribution in [2.45, 2.75) is 40.5 Å². The molecule has 0 N–H and O–H groups in total. The summed E-state index contributed by atoms with van der Waals surface area (Å²) in [6.45, 7) is 10.5. The molecule has 6 rings (SSSR count). The molecule has 1 heteroatoms. The molecule has 0 aliphatic carbocycles. The summed E-state index contributed by atoms with van der Waals surface area (Å²) in [6.07, 6.45) is 10.8. The third kappa shape index (κ3) is 8.81. The molecule has 50 heavy (non-hydrogen) atoms. The highest BCUT2D eigenvalue weighted by Gasteiger charge is 2.17. The minimum Gasteiger partial charge on any atom is -0.256 e. The second kappa shape index (κ2) is 18.1. The first-order chi connectivity index (χ1) is 24.6. The van der Waals surface area contributed by atoms with Gasteiger partial charge in [-0.3, -0.25) is 4.99 Å². The van der Waals surface area contributed by atoms with E-state index in [4.69, 9.17) is 4.99 Å². The van der Waals surface area contributed by atoms with Gasteiger partial charge >= 0.3 is 0 Å². The minimum absolute atomic E-state index is 0.0908. The average Bonchev–Trinajstić information content (AvgIpc) is 3.20. The third-order valence-corrected chi connectivity index (χ3v) is 8.62. The van der Waals surface area contributed by atoms with Gasteiger partial charge < -0.3 is 0 Å². The van der Waals surface area contributed by atoms with Gasteiger partial charge in [-0.05, 0) is 81.1 Å². The van der Waals surface area contributed by atoms with Crippen LogP contribution in [0.2, 0.25) is 0 Å². The first-order valence-electron chi connectivity index (χ1n) is 17.7. The largest absolute Gasteiger partial charge is 0.256 e. The lowest BCUT2D eigenvalue weighted by molar-refractivity contribution is 0.966. The SMILES string of the molecule is C/C=C\C(=C/C)c1cc(-c2cccc(-c3ccccc3)c2-c2ccccc2)cc(C(C)/C=C(\N=Cc2ccccc2)c2ccccc2)c1.CC. The van der Waals surface area contributed by atoms with Crippen molar-refractivity contribution in [3.05, 3.63) is 204 Å². The topological polar surface area (TPSA) is 12.4 Å². The summed E-state index contributed by atoms with van der Waals surface area (Å²) in [6, 6.07) is 56.0. The molecule has 248 valence electrons. The van der Waals surface area contributed by atoms with Crippen LogP contribution in [0.5, 0.6) is 0 Å². The first kappa shape index (κ1) is 35.5. The normalized spacial score (nSPS) is 12.5. The summed E-state index contributed by atoms with van der Waals surface area (Å²) in [5.41, 5.74) is 14.0. The van der Waals surface area contributed by atoms with Crippen LogP contribution in [0.4, 0.5) is 0 Å². The average molecular weight is 650 g/mol. The maximum Gasteiger partial charge on any atom is 0.0668 e. The number of allylic oxidation sites excluding steroid dienone is 5. The van der Waals surface area contributed by atoms with Gasteiger partial charge in [0, 0.05) is 12.1 Å². The number of aliphatic imine (C=N–C) groups is 1. The van der Waals surface area contributed by atoms with Crippen molar-refractivity contribution in [3.63, 3.8) is 0 Å². The van der Waals surface area contributed by atoms with E-state index >= 15 is 0 Å². The van der Waals surface area contributed by atoms with E-state index in [9.17, 15) is 0 Å². The molecule has 0 amide bonds. The smallest absolute Gasteiger partial charge is 0.0668 e. The maximum atomic E-state index is 5.03. The van der Waals surface area contributed by atoms with Crippen LogP contribution in [0.3, 0.4) is 0 Å². The molecule has 0 saturated carbocycles. The molecule has 0 saturated heterocycles. The summed E-state index contributed by atoms with van der Waals surface area (Å²) in [5, 5.41) is 0. The fourth-order valence-electron chi connectivity index (χ4n) is 6.18. The Hall–Kier alpha value is -5.79. The summed E-state index contributed by atoms with van der Waals surface area (Å²) >= 11 is 0. The number of benzene rings is 6. The molecular weight excluding hydrogens is 603 g/mol. The van der Waals surface area contributed by atoms with Crippen LogP contribution < -0.4 is 0 Å². The molecule has 0 radical (unpaired) electrons. The summed E-state index contributed by atoms with van der Waals surface area (Å²) < 4.78 is 0. The summed E-state index contributed by atoms with van der Waals surface area (Å²) in [5.74, 6) is 0.0908. The second-order valence-electron chi connectivity index (χ2n) is 11.9. The fraction of sp³-hybridized carbons (Fsp3) is 0.122. The van der Waals surface area contributed by atoms with Gasteiger partial charge in [0.15, 0.2) is 0 Å². The highest BCUT2D eigenvalue weighted by atomic mass is 14.7. The Morgan fingerprint density at radius 2 is 1.12 bits per heavy atom. The molecule has 0 fully saturated rings. The van der Waals surface area contributed by atoms with Crippen LogP contribution in [-0.2, 0) is 0 Å². The van der Waals surface area contributed by atoms with Crippen LogP contribution in [0.1, 0.15) is 62.8 Å². The van der Waals surface area contributed by atoms with Crippen LogP contribution in [-0.4, -0.2) is 6.21 Å². The van der Waals surface area contributed by atoms with Crippen LogP contribution in [0, 0.1) is 0 Å². The van der Waals surface area contributed by atoms with Crippen molar-refractivity contribution in [2.75, 3.05) is 0 Å². The van der Waals surface area contributed by atoms with Crippen molar-refractivity contribution < 1.29 is 0 Å². The molecule has 1 unspecified atom stereocenters. The molecule has 1 atom stereocenters. The van der Waals surface area contributed by atoms with Crippen LogP contribution in [0.25, 0.3) is 44.7 Å². The molecular formula is C49H47N. The summed E-state index contributed by atoms with van der Waals surface area (Å²) in [7, 11) is 0. The number of hydrogen-bond acceptors (Lipinski definition) is 1. The zero-order valence-electron chi connectivity index (χ0n) is 29.9. The van der Waals surface area contributed by atoms with Gasteiger partial charge in [-0.2, -0.15) is 0 Å². The molecule has 6 aromatic rings. The minimum atomic E-state index is 0.0908. The Bertz CT molecular complexity index is 2070. The van der Waals surface area contributed by atoms with Gasteiger partial charge in [0.1, 0.15) is 0 Å². The fourth-order valence-corrected chi connectivity index (χ4v) is 6.18. The molecule has 0 heterocycles. The van der Waals surface area contributed by atoms with E-state index in [1.807, 2.05) is 38.3 Å². The van der Waals surface area contributed by atoms with Crippen molar-refractivity contribution in [1.82, 2.24) is 0 Å². The lowest BCUT2D eigenvalue weighted by atomic mass is 9.85. The Labute approximate surface area is 299 Å². The summed E-state index contributed by atoms with van der Waals surface area (Å²) in [4.78, 5) is 5.03. The molecule has 0 bridgehead atoms. The van der Waals surface area contributed by atoms with Gasteiger partial charge in [-0.1, -0.05) is 197 Å². The van der Waals surface area contributed by atoms with Crippen LogP contribution in [0.15, 0.2) is 187 Å². The van der Waals surface area contributed by atoms with Crippen molar-refractivity contribution >= 4 is 17.5 Å². The van der Waals surface area contributed by atoms with Gasteiger partial charge in [0.05, 0.1) is 5.70 Å². The third-order valence-electron chi connectivity index (χ3n) is 8.62. The second-order valence-corrected chi connectivity index (χ2v) is 11.9. The number of rotatable bonds is 10. The van der Waals surface area contributed by atoms with Crippen LogP contribution >= 0.6 is 0 Å². The Kier molecular flexibility index (Phi) is 12.9. The zero-order valence-corrected chi connectivity index (χ0v) is 29.9. The highest BCUT2D eigenvalue weighted by molar-refractivity contribution is 5.95. The van der Waals surface area contributed by atoms with E-state index in [1.165, 1.54) is 50.1 Å². The lowest BCUT2D eigenvalue weighted by Gasteiger charge is -2.19. The van der Waals surface area contributed by atoms with Gasteiger partial charge in [-0.25, -0.2) is 0 Å². The zero-order chi connectivity index (χ0) is 35.1. The Morgan fingerprint density at radius 3 is 1.72 bits per heavy atom. The highest BCUT2D eigenvalue weighted by Crippen LogP contribution is 2.42. The number of nitrogens with zero attached hydrogens (tertiary/aromatic N) is 1. The monoisotopic (exact) mass is 649 g/mol.